The highest BCUT2D eigenvalue weighted by molar-refractivity contribution is 6.93. The summed E-state index contributed by atoms with van der Waals surface area (Å²) in [5.41, 5.74) is 0.468. The lowest BCUT2D eigenvalue weighted by atomic mass is 9.86. The van der Waals surface area contributed by atoms with Gasteiger partial charge in [-0.25, -0.2) is 0 Å². The maximum atomic E-state index is 5.65. The van der Waals surface area contributed by atoms with E-state index in [1.807, 2.05) is 0 Å². The highest BCUT2D eigenvalue weighted by Gasteiger charge is 2.14. The minimum Gasteiger partial charge on any atom is -0.171 e. The Morgan fingerprint density at radius 3 is 2.20 bits per heavy atom. The smallest absolute Gasteiger partial charge is 0.171 e. The van der Waals surface area contributed by atoms with Gasteiger partial charge >= 0.3 is 0 Å². The molecule has 0 N–H and O–H groups in total. The van der Waals surface area contributed by atoms with Crippen molar-refractivity contribution >= 4 is 19.9 Å². The summed E-state index contributed by atoms with van der Waals surface area (Å²) in [6.07, 6.45) is 1.28. The van der Waals surface area contributed by atoms with E-state index in [4.69, 9.17) is 11.1 Å². The van der Waals surface area contributed by atoms with Crippen LogP contribution in [0.25, 0.3) is 0 Å². The summed E-state index contributed by atoms with van der Waals surface area (Å²) < 4.78 is 0. The van der Waals surface area contributed by atoms with Gasteiger partial charge in [0.05, 0.1) is 0 Å². The summed E-state index contributed by atoms with van der Waals surface area (Å²) in [6.45, 7) is 9.11. The Balaban J connectivity index is 3.47. The predicted molar refractivity (Wildman–Crippen MR) is 49.7 cm³/mol. The molecule has 0 bridgehead atoms. The first-order valence-corrected chi connectivity index (χ1v) is 6.01. The molecular formula is C8H17ClSi. The van der Waals surface area contributed by atoms with Gasteiger partial charge in [-0.3, -0.25) is 0 Å². The van der Waals surface area contributed by atoms with Crippen LogP contribution in [0.5, 0.6) is 0 Å². The third kappa shape index (κ3) is 6.62. The van der Waals surface area contributed by atoms with E-state index in [1.165, 1.54) is 12.5 Å². The molecule has 2 radical (unpaired) electrons. The molecule has 1 atom stereocenters. The van der Waals surface area contributed by atoms with E-state index < -0.39 is 0 Å². The average molecular weight is 177 g/mol. The fourth-order valence-corrected chi connectivity index (χ4v) is 2.45. The maximum absolute atomic E-state index is 5.65. The molecule has 0 rings (SSSR count). The zero-order chi connectivity index (χ0) is 8.20. The van der Waals surface area contributed by atoms with Crippen molar-refractivity contribution in [1.29, 1.82) is 0 Å². The van der Waals surface area contributed by atoms with Gasteiger partial charge in [0.1, 0.15) is 0 Å². The van der Waals surface area contributed by atoms with E-state index in [2.05, 4.69) is 27.7 Å². The fraction of sp³-hybridized carbons (Fsp3) is 1.00. The molecule has 0 aliphatic heterocycles. The summed E-state index contributed by atoms with van der Waals surface area (Å²) in [5.74, 6) is 0.788. The first-order chi connectivity index (χ1) is 4.45. The monoisotopic (exact) mass is 176 g/mol. The summed E-state index contributed by atoms with van der Waals surface area (Å²) in [7, 11) is 0.596. The van der Waals surface area contributed by atoms with Gasteiger partial charge in [-0.05, 0) is 23.8 Å². The van der Waals surface area contributed by atoms with Crippen molar-refractivity contribution < 1.29 is 0 Å². The zero-order valence-corrected chi connectivity index (χ0v) is 9.13. The van der Waals surface area contributed by atoms with E-state index in [0.29, 0.717) is 14.2 Å². The number of hydrogen-bond donors (Lipinski definition) is 0. The Hall–Kier alpha value is 0.507. The summed E-state index contributed by atoms with van der Waals surface area (Å²) >= 11 is 5.65. The SMILES string of the molecule is CC(C[Si]Cl)CC(C)(C)C. The number of hydrogen-bond acceptors (Lipinski definition) is 0. The molecule has 0 aromatic rings. The molecule has 1 unspecified atom stereocenters. The zero-order valence-electron chi connectivity index (χ0n) is 7.37. The molecule has 0 fully saturated rings. The normalized spacial score (nSPS) is 15.3. The van der Waals surface area contributed by atoms with Crippen molar-refractivity contribution in [2.75, 3.05) is 0 Å². The van der Waals surface area contributed by atoms with Gasteiger partial charge in [0.15, 0.2) is 8.83 Å². The second-order valence-electron chi connectivity index (χ2n) is 4.21. The van der Waals surface area contributed by atoms with Gasteiger partial charge < -0.3 is 0 Å². The second-order valence-corrected chi connectivity index (χ2v) is 5.69. The minimum atomic E-state index is 0.468. The van der Waals surface area contributed by atoms with E-state index in [1.54, 1.807) is 0 Å². The summed E-state index contributed by atoms with van der Waals surface area (Å²) in [4.78, 5) is 0. The molecule has 0 heterocycles. The fourth-order valence-electron chi connectivity index (χ4n) is 1.25. The van der Waals surface area contributed by atoms with Gasteiger partial charge in [0, 0.05) is 0 Å². The molecule has 0 aliphatic carbocycles. The van der Waals surface area contributed by atoms with Crippen molar-refractivity contribution in [3.05, 3.63) is 0 Å². The standard InChI is InChI=1S/C8H17ClSi/c1-7(6-10-9)5-8(2,3)4/h7H,5-6H2,1-4H3. The van der Waals surface area contributed by atoms with Crippen molar-refractivity contribution in [3.8, 4) is 0 Å². The van der Waals surface area contributed by atoms with Gasteiger partial charge in [-0.2, -0.15) is 11.1 Å². The highest BCUT2D eigenvalue weighted by Crippen LogP contribution is 2.25. The van der Waals surface area contributed by atoms with Crippen molar-refractivity contribution in [2.45, 2.75) is 40.2 Å². The quantitative estimate of drug-likeness (QED) is 0.457. The molecule has 60 valence electrons. The van der Waals surface area contributed by atoms with E-state index in [-0.39, 0.29) is 0 Å². The maximum Gasteiger partial charge on any atom is 0.172 e. The molecule has 0 saturated heterocycles. The third-order valence-corrected chi connectivity index (χ3v) is 2.70. The molecule has 0 saturated carbocycles. The van der Waals surface area contributed by atoms with Crippen LogP contribution in [-0.2, 0) is 0 Å². The van der Waals surface area contributed by atoms with E-state index >= 15 is 0 Å². The molecule has 0 amide bonds. The lowest BCUT2D eigenvalue weighted by molar-refractivity contribution is 0.320. The summed E-state index contributed by atoms with van der Waals surface area (Å²) in [6, 6.07) is 1.18. The minimum absolute atomic E-state index is 0.468. The molecule has 0 nitrogen and oxygen atoms in total. The highest BCUT2D eigenvalue weighted by atomic mass is 35.6. The van der Waals surface area contributed by atoms with Crippen LogP contribution in [0, 0.1) is 11.3 Å². The van der Waals surface area contributed by atoms with Crippen LogP contribution in [0.1, 0.15) is 34.1 Å². The molecule has 0 aromatic heterocycles. The van der Waals surface area contributed by atoms with Crippen molar-refractivity contribution in [1.82, 2.24) is 0 Å². The first-order valence-electron chi connectivity index (χ1n) is 3.79. The van der Waals surface area contributed by atoms with Crippen molar-refractivity contribution in [2.24, 2.45) is 11.3 Å². The molecule has 0 aromatic carbocycles. The largest absolute Gasteiger partial charge is 0.172 e. The Labute approximate surface area is 71.9 Å². The third-order valence-electron chi connectivity index (χ3n) is 1.39. The lowest BCUT2D eigenvalue weighted by Gasteiger charge is -2.22. The molecule has 0 aliphatic rings. The van der Waals surface area contributed by atoms with Crippen LogP contribution in [-0.4, -0.2) is 8.83 Å². The van der Waals surface area contributed by atoms with Crippen LogP contribution in [0.2, 0.25) is 6.04 Å². The molecule has 10 heavy (non-hydrogen) atoms. The Kier molecular flexibility index (Phi) is 4.62. The Morgan fingerprint density at radius 2 is 1.90 bits per heavy atom. The average Bonchev–Trinajstić information content (AvgIpc) is 1.59. The topological polar surface area (TPSA) is 0 Å². The first kappa shape index (κ1) is 10.5. The predicted octanol–water partition coefficient (Wildman–Crippen LogP) is 3.34. The number of rotatable bonds is 3. The summed E-state index contributed by atoms with van der Waals surface area (Å²) in [5, 5.41) is 0. The number of halogens is 1. The molecular weight excluding hydrogens is 160 g/mol. The van der Waals surface area contributed by atoms with E-state index in [9.17, 15) is 0 Å². The molecule has 2 heteroatoms. The van der Waals surface area contributed by atoms with Crippen molar-refractivity contribution in [3.63, 3.8) is 0 Å². The van der Waals surface area contributed by atoms with Crippen LogP contribution in [0.3, 0.4) is 0 Å². The van der Waals surface area contributed by atoms with Crippen LogP contribution >= 0.6 is 11.1 Å². The lowest BCUT2D eigenvalue weighted by Crippen LogP contribution is -2.11. The van der Waals surface area contributed by atoms with E-state index in [0.717, 1.165) is 5.92 Å². The Morgan fingerprint density at radius 1 is 1.40 bits per heavy atom. The van der Waals surface area contributed by atoms with Gasteiger partial charge in [-0.15, -0.1) is 0 Å². The van der Waals surface area contributed by atoms with Gasteiger partial charge in [0.2, 0.25) is 0 Å². The second kappa shape index (κ2) is 4.40. The van der Waals surface area contributed by atoms with Gasteiger partial charge in [0.25, 0.3) is 0 Å². The molecule has 0 spiro atoms. The van der Waals surface area contributed by atoms with Crippen LogP contribution in [0.4, 0.5) is 0 Å². The van der Waals surface area contributed by atoms with Gasteiger partial charge in [-0.1, -0.05) is 27.7 Å². The van der Waals surface area contributed by atoms with Crippen LogP contribution < -0.4 is 0 Å². The Bertz CT molecular complexity index is 85.7. The van der Waals surface area contributed by atoms with Crippen LogP contribution in [0.15, 0.2) is 0 Å².